The number of methoxy groups -OCH3 is 1. The van der Waals surface area contributed by atoms with Crippen LogP contribution in [-0.4, -0.2) is 23.1 Å². The van der Waals surface area contributed by atoms with E-state index in [2.05, 4.69) is 26.2 Å². The number of hydrogen-bond donors (Lipinski definition) is 2. The monoisotopic (exact) mass is 328 g/mol. The van der Waals surface area contributed by atoms with Crippen molar-refractivity contribution >= 4 is 38.3 Å². The van der Waals surface area contributed by atoms with E-state index in [1.807, 2.05) is 0 Å². The van der Waals surface area contributed by atoms with Gasteiger partial charge in [-0.2, -0.15) is 0 Å². The van der Waals surface area contributed by atoms with E-state index in [-0.39, 0.29) is 11.3 Å². The predicted octanol–water partition coefficient (Wildman–Crippen LogP) is 2.87. The van der Waals surface area contributed by atoms with E-state index in [0.29, 0.717) is 10.9 Å². The van der Waals surface area contributed by atoms with Gasteiger partial charge in [-0.15, -0.1) is 0 Å². The molecule has 1 aromatic heterocycles. The number of thiazole rings is 1. The first-order chi connectivity index (χ1) is 8.60. The first-order valence-corrected chi connectivity index (χ1v) is 6.51. The van der Waals surface area contributed by atoms with Crippen molar-refractivity contribution in [3.05, 3.63) is 33.7 Å². The van der Waals surface area contributed by atoms with Crippen molar-refractivity contribution < 1.29 is 14.6 Å². The number of aromatic hydroxyl groups is 1. The summed E-state index contributed by atoms with van der Waals surface area (Å²) in [5.41, 5.74) is 0.169. The molecule has 0 saturated carbocycles. The van der Waals surface area contributed by atoms with E-state index in [1.54, 1.807) is 12.3 Å². The van der Waals surface area contributed by atoms with E-state index in [9.17, 15) is 9.90 Å². The van der Waals surface area contributed by atoms with Crippen LogP contribution in [-0.2, 0) is 0 Å². The normalized spacial score (nSPS) is 10.1. The van der Waals surface area contributed by atoms with E-state index >= 15 is 0 Å². The summed E-state index contributed by atoms with van der Waals surface area (Å²) in [4.78, 5) is 15.9. The number of nitrogens with one attached hydrogen (secondary N) is 1. The molecule has 0 unspecified atom stereocenters. The van der Waals surface area contributed by atoms with E-state index in [4.69, 9.17) is 4.74 Å². The van der Waals surface area contributed by atoms with Crippen molar-refractivity contribution in [1.29, 1.82) is 0 Å². The van der Waals surface area contributed by atoms with Crippen LogP contribution in [0.2, 0.25) is 0 Å². The minimum Gasteiger partial charge on any atom is -0.507 e. The summed E-state index contributed by atoms with van der Waals surface area (Å²) in [5, 5.41) is 12.8. The maximum atomic E-state index is 11.9. The number of ether oxygens (including phenoxy) is 1. The van der Waals surface area contributed by atoms with Gasteiger partial charge >= 0.3 is 0 Å². The maximum absolute atomic E-state index is 11.9. The number of amides is 1. The van der Waals surface area contributed by atoms with Gasteiger partial charge in [0.25, 0.3) is 5.91 Å². The zero-order chi connectivity index (χ0) is 13.1. The molecule has 0 spiro atoms. The van der Waals surface area contributed by atoms with Crippen molar-refractivity contribution in [2.24, 2.45) is 0 Å². The molecule has 1 amide bonds. The molecule has 0 bridgehead atoms. The Hall–Kier alpha value is -1.60. The fourth-order valence-electron chi connectivity index (χ4n) is 1.31. The summed E-state index contributed by atoms with van der Waals surface area (Å²) in [6, 6.07) is 4.48. The predicted molar refractivity (Wildman–Crippen MR) is 72.4 cm³/mol. The molecule has 0 atom stereocenters. The first kappa shape index (κ1) is 12.8. The number of carbonyl (C=O) groups excluding carboxylic acids is 1. The molecule has 5 nitrogen and oxygen atoms in total. The quantitative estimate of drug-likeness (QED) is 0.908. The fraction of sp³-hybridized carbons (Fsp3) is 0.0909. The number of phenols is 1. The zero-order valence-electron chi connectivity index (χ0n) is 9.31. The van der Waals surface area contributed by atoms with Crippen LogP contribution in [0, 0.1) is 0 Å². The summed E-state index contributed by atoms with van der Waals surface area (Å²) in [5.74, 6) is -0.0690. The molecule has 1 aromatic carbocycles. The Bertz CT molecular complexity index is 585. The lowest BCUT2D eigenvalue weighted by Crippen LogP contribution is -2.11. The highest BCUT2D eigenvalue weighted by Gasteiger charge is 2.13. The molecule has 94 valence electrons. The zero-order valence-corrected chi connectivity index (χ0v) is 11.7. The molecule has 0 aliphatic carbocycles. The third-order valence-corrected chi connectivity index (χ3v) is 3.54. The number of hydrogen-bond acceptors (Lipinski definition) is 5. The molecule has 7 heteroatoms. The van der Waals surface area contributed by atoms with Gasteiger partial charge in [0.2, 0.25) is 0 Å². The highest BCUT2D eigenvalue weighted by molar-refractivity contribution is 9.11. The van der Waals surface area contributed by atoms with Gasteiger partial charge in [-0.1, -0.05) is 11.3 Å². The Labute approximate surface area is 116 Å². The Morgan fingerprint density at radius 3 is 2.89 bits per heavy atom. The van der Waals surface area contributed by atoms with Gasteiger partial charge in [-0.05, 0) is 28.1 Å². The molecule has 1 heterocycles. The Kier molecular flexibility index (Phi) is 3.83. The molecular weight excluding hydrogens is 320 g/mol. The van der Waals surface area contributed by atoms with Crippen molar-refractivity contribution in [3.8, 4) is 11.5 Å². The summed E-state index contributed by atoms with van der Waals surface area (Å²) in [6.45, 7) is 0. The van der Waals surface area contributed by atoms with Gasteiger partial charge in [0.05, 0.1) is 22.7 Å². The second-order valence-electron chi connectivity index (χ2n) is 3.31. The number of phenolic OH excluding ortho intramolecular Hbond substituents is 1. The minimum atomic E-state index is -0.419. The summed E-state index contributed by atoms with van der Waals surface area (Å²) >= 11 is 4.54. The van der Waals surface area contributed by atoms with Crippen LogP contribution in [0.1, 0.15) is 10.4 Å². The maximum Gasteiger partial charge on any atom is 0.261 e. The van der Waals surface area contributed by atoms with Gasteiger partial charge in [-0.25, -0.2) is 4.98 Å². The van der Waals surface area contributed by atoms with Crippen molar-refractivity contribution in [3.63, 3.8) is 0 Å². The van der Waals surface area contributed by atoms with Gasteiger partial charge in [0.15, 0.2) is 5.13 Å². The van der Waals surface area contributed by atoms with Gasteiger partial charge in [0.1, 0.15) is 11.5 Å². The van der Waals surface area contributed by atoms with Crippen LogP contribution in [0.15, 0.2) is 28.2 Å². The third kappa shape index (κ3) is 2.80. The van der Waals surface area contributed by atoms with Crippen LogP contribution in [0.5, 0.6) is 11.5 Å². The summed E-state index contributed by atoms with van der Waals surface area (Å²) in [6.07, 6.45) is 1.59. The molecule has 18 heavy (non-hydrogen) atoms. The van der Waals surface area contributed by atoms with E-state index < -0.39 is 5.91 Å². The largest absolute Gasteiger partial charge is 0.507 e. The topological polar surface area (TPSA) is 71.5 Å². The van der Waals surface area contributed by atoms with Crippen LogP contribution in [0.3, 0.4) is 0 Å². The third-order valence-electron chi connectivity index (χ3n) is 2.15. The van der Waals surface area contributed by atoms with Gasteiger partial charge < -0.3 is 9.84 Å². The average Bonchev–Trinajstić information content (AvgIpc) is 2.74. The molecule has 0 saturated heterocycles. The molecule has 0 aliphatic rings. The molecule has 0 aliphatic heterocycles. The minimum absolute atomic E-state index is 0.137. The van der Waals surface area contributed by atoms with Crippen molar-refractivity contribution in [2.45, 2.75) is 0 Å². The van der Waals surface area contributed by atoms with Crippen LogP contribution in [0.4, 0.5) is 5.13 Å². The molecule has 0 fully saturated rings. The number of rotatable bonds is 3. The van der Waals surface area contributed by atoms with Gasteiger partial charge in [0, 0.05) is 6.07 Å². The summed E-state index contributed by atoms with van der Waals surface area (Å²) in [7, 11) is 1.49. The molecule has 2 aromatic rings. The number of aromatic nitrogens is 1. The SMILES string of the molecule is COc1ccc(C(=O)Nc2ncc(Br)s2)c(O)c1. The fourth-order valence-corrected chi connectivity index (χ4v) is 2.41. The second-order valence-corrected chi connectivity index (χ2v) is 5.72. The van der Waals surface area contributed by atoms with E-state index in [0.717, 1.165) is 3.79 Å². The lowest BCUT2D eigenvalue weighted by Gasteiger charge is -2.06. The Morgan fingerprint density at radius 2 is 2.33 bits per heavy atom. The van der Waals surface area contributed by atoms with Crippen LogP contribution in [0.25, 0.3) is 0 Å². The molecule has 2 rings (SSSR count). The van der Waals surface area contributed by atoms with Crippen LogP contribution >= 0.6 is 27.3 Å². The standard InChI is InChI=1S/C11H9BrN2O3S/c1-17-6-2-3-7(8(15)4-6)10(16)14-11-13-5-9(12)18-11/h2-5,15H,1H3,(H,13,14,16). The lowest BCUT2D eigenvalue weighted by atomic mass is 10.2. The second kappa shape index (κ2) is 5.36. The lowest BCUT2D eigenvalue weighted by molar-refractivity contribution is 0.102. The first-order valence-electron chi connectivity index (χ1n) is 4.90. The highest BCUT2D eigenvalue weighted by atomic mass is 79.9. The van der Waals surface area contributed by atoms with Gasteiger partial charge in [-0.3, -0.25) is 10.1 Å². The number of anilines is 1. The smallest absolute Gasteiger partial charge is 0.261 e. The number of benzene rings is 1. The molecule has 0 radical (unpaired) electrons. The Balaban J connectivity index is 2.18. The number of carbonyl (C=O) groups is 1. The highest BCUT2D eigenvalue weighted by Crippen LogP contribution is 2.26. The van der Waals surface area contributed by atoms with Crippen molar-refractivity contribution in [1.82, 2.24) is 4.98 Å². The number of nitrogens with zero attached hydrogens (tertiary/aromatic N) is 1. The molecule has 2 N–H and O–H groups in total. The average molecular weight is 329 g/mol. The number of halogens is 1. The van der Waals surface area contributed by atoms with E-state index in [1.165, 1.54) is 30.6 Å². The van der Waals surface area contributed by atoms with Crippen molar-refractivity contribution in [2.75, 3.05) is 12.4 Å². The molecular formula is C11H9BrN2O3S. The Morgan fingerprint density at radius 1 is 1.56 bits per heavy atom. The summed E-state index contributed by atoms with van der Waals surface area (Å²) < 4.78 is 5.76. The van der Waals surface area contributed by atoms with Crippen LogP contribution < -0.4 is 10.1 Å².